The summed E-state index contributed by atoms with van der Waals surface area (Å²) in [7, 11) is 0. The lowest BCUT2D eigenvalue weighted by molar-refractivity contribution is 0.101. The molecule has 278 valence electrons. The van der Waals surface area contributed by atoms with Crippen LogP contribution in [-0.2, 0) is 0 Å². The highest BCUT2D eigenvalue weighted by Crippen LogP contribution is 2.33. The number of benzene rings is 6. The molecule has 5 nitrogen and oxygen atoms in total. The summed E-state index contributed by atoms with van der Waals surface area (Å²) in [6.07, 6.45) is 0. The number of ketones is 3. The summed E-state index contributed by atoms with van der Waals surface area (Å²) >= 11 is 0. The van der Waals surface area contributed by atoms with Crippen molar-refractivity contribution in [2.24, 2.45) is 0 Å². The van der Waals surface area contributed by atoms with E-state index in [9.17, 15) is 58.3 Å². The van der Waals surface area contributed by atoms with Crippen LogP contribution < -0.4 is 9.47 Å². The number of hydrogen-bond donors (Lipinski definition) is 0. The van der Waals surface area contributed by atoms with Crippen LogP contribution >= 0.6 is 0 Å². The summed E-state index contributed by atoms with van der Waals surface area (Å²) in [4.78, 5) is 38.9. The van der Waals surface area contributed by atoms with Crippen LogP contribution in [0.3, 0.4) is 0 Å². The maximum absolute atomic E-state index is 14.3. The molecule has 0 heterocycles. The zero-order valence-electron chi connectivity index (χ0n) is 27.5. The molecule has 0 spiro atoms. The monoisotopic (exact) mass is 768 g/mol. The Morgan fingerprint density at radius 2 is 0.636 bits per heavy atom. The Morgan fingerprint density at radius 1 is 0.345 bits per heavy atom. The third kappa shape index (κ3) is 7.28. The lowest BCUT2D eigenvalue weighted by atomic mass is 10.0. The fourth-order valence-electron chi connectivity index (χ4n) is 5.21. The predicted octanol–water partition coefficient (Wildman–Crippen LogP) is 10.7. The van der Waals surface area contributed by atoms with Gasteiger partial charge in [-0.05, 0) is 67.6 Å². The molecule has 0 saturated carbocycles. The van der Waals surface area contributed by atoms with Crippen LogP contribution in [0, 0.1) is 65.1 Å². The van der Waals surface area contributed by atoms with E-state index in [1.165, 1.54) is 18.2 Å². The molecule has 0 saturated heterocycles. The average molecular weight is 769 g/mol. The Balaban J connectivity index is 1.29. The van der Waals surface area contributed by atoms with Crippen LogP contribution in [0.1, 0.15) is 53.3 Å². The zero-order chi connectivity index (χ0) is 39.9. The fourth-order valence-corrected chi connectivity index (χ4v) is 5.21. The first-order chi connectivity index (χ1) is 26.1. The van der Waals surface area contributed by atoms with Gasteiger partial charge in [0.05, 0.1) is 0 Å². The van der Waals surface area contributed by atoms with Crippen LogP contribution in [0.4, 0.5) is 43.9 Å². The van der Waals surface area contributed by atoms with E-state index in [-0.39, 0.29) is 34.1 Å². The highest BCUT2D eigenvalue weighted by molar-refractivity contribution is 6.10. The molecule has 0 fully saturated rings. The standard InChI is InChI=1S/C40H18F10O5/c1-17-2-4-18(5-3-17)38(51)21-14-24(54-22-10-6-19(7-11-22)39(52)26-28(41)32(45)36(49)33(46)29(26)42)16-25(15-21)55-23-12-8-20(9-13-23)40(53)27-30(43)34(47)37(50)35(48)31(27)44/h2-16H,1H3. The van der Waals surface area contributed by atoms with Gasteiger partial charge in [0.25, 0.3) is 0 Å². The molecule has 0 radical (unpaired) electrons. The molecule has 0 unspecified atom stereocenters. The molecule has 6 aromatic carbocycles. The van der Waals surface area contributed by atoms with Crippen LogP contribution in [0.5, 0.6) is 23.0 Å². The molecule has 0 aromatic heterocycles. The first-order valence-corrected chi connectivity index (χ1v) is 15.5. The van der Waals surface area contributed by atoms with E-state index in [4.69, 9.17) is 9.47 Å². The molecule has 0 bridgehead atoms. The quantitative estimate of drug-likeness (QED) is 0.0601. The van der Waals surface area contributed by atoms with Gasteiger partial charge in [-0.1, -0.05) is 29.8 Å². The number of hydrogen-bond acceptors (Lipinski definition) is 5. The van der Waals surface area contributed by atoms with Crippen molar-refractivity contribution in [3.8, 4) is 23.0 Å². The molecule has 0 aliphatic carbocycles. The maximum Gasteiger partial charge on any atom is 0.200 e. The minimum absolute atomic E-state index is 0.0209. The van der Waals surface area contributed by atoms with Crippen molar-refractivity contribution in [3.05, 3.63) is 188 Å². The van der Waals surface area contributed by atoms with Crippen molar-refractivity contribution < 1.29 is 67.8 Å². The van der Waals surface area contributed by atoms with Gasteiger partial charge in [-0.25, -0.2) is 43.9 Å². The van der Waals surface area contributed by atoms with Crippen molar-refractivity contribution in [2.45, 2.75) is 6.92 Å². The molecule has 6 rings (SSSR count). The van der Waals surface area contributed by atoms with E-state index < -0.39 is 97.8 Å². The number of carbonyl (C=O) groups excluding carboxylic acids is 3. The van der Waals surface area contributed by atoms with Crippen LogP contribution in [0.15, 0.2) is 91.0 Å². The maximum atomic E-state index is 14.3. The summed E-state index contributed by atoms with van der Waals surface area (Å²) in [5.74, 6) is -27.0. The van der Waals surface area contributed by atoms with E-state index in [1.54, 1.807) is 31.2 Å². The predicted molar refractivity (Wildman–Crippen MR) is 173 cm³/mol. The SMILES string of the molecule is Cc1ccc(C(=O)c2cc(Oc3ccc(C(=O)c4c(F)c(F)c(F)c(F)c4F)cc3)cc(Oc3ccc(C(=O)c4c(F)c(F)c(F)c(F)c4F)cc3)c2)cc1. The molecule has 55 heavy (non-hydrogen) atoms. The second-order valence-corrected chi connectivity index (χ2v) is 11.7. The Bertz CT molecular complexity index is 2330. The molecule has 0 atom stereocenters. The van der Waals surface area contributed by atoms with Gasteiger partial charge in [-0.2, -0.15) is 0 Å². The number of carbonyl (C=O) groups is 3. The number of rotatable bonds is 10. The summed E-state index contributed by atoms with van der Waals surface area (Å²) < 4.78 is 150. The zero-order valence-corrected chi connectivity index (χ0v) is 27.5. The van der Waals surface area contributed by atoms with Crippen molar-refractivity contribution in [1.82, 2.24) is 0 Å². The van der Waals surface area contributed by atoms with Crippen LogP contribution in [0.2, 0.25) is 0 Å². The van der Waals surface area contributed by atoms with E-state index >= 15 is 0 Å². The van der Waals surface area contributed by atoms with Gasteiger partial charge in [0, 0.05) is 28.3 Å². The van der Waals surface area contributed by atoms with Gasteiger partial charge in [0.15, 0.2) is 63.9 Å². The number of ether oxygens (including phenoxy) is 2. The first kappa shape index (κ1) is 38.0. The highest BCUT2D eigenvalue weighted by atomic mass is 19.2. The Morgan fingerprint density at radius 3 is 0.982 bits per heavy atom. The van der Waals surface area contributed by atoms with Gasteiger partial charge >= 0.3 is 0 Å². The van der Waals surface area contributed by atoms with E-state index in [2.05, 4.69) is 0 Å². The van der Waals surface area contributed by atoms with Crippen molar-refractivity contribution in [3.63, 3.8) is 0 Å². The molecular formula is C40H18F10O5. The van der Waals surface area contributed by atoms with Crippen molar-refractivity contribution in [1.29, 1.82) is 0 Å². The fraction of sp³-hybridized carbons (Fsp3) is 0.0250. The van der Waals surface area contributed by atoms with Gasteiger partial charge in [-0.3, -0.25) is 14.4 Å². The van der Waals surface area contributed by atoms with Gasteiger partial charge in [0.1, 0.15) is 34.1 Å². The van der Waals surface area contributed by atoms with Crippen molar-refractivity contribution >= 4 is 17.3 Å². The van der Waals surface area contributed by atoms with Crippen LogP contribution in [-0.4, -0.2) is 17.3 Å². The summed E-state index contributed by atoms with van der Waals surface area (Å²) in [6, 6.07) is 18.9. The molecule has 6 aromatic rings. The van der Waals surface area contributed by atoms with Gasteiger partial charge < -0.3 is 9.47 Å². The highest BCUT2D eigenvalue weighted by Gasteiger charge is 2.31. The summed E-state index contributed by atoms with van der Waals surface area (Å²) in [6.45, 7) is 1.80. The average Bonchev–Trinajstić information content (AvgIpc) is 3.18. The lowest BCUT2D eigenvalue weighted by Gasteiger charge is -2.13. The van der Waals surface area contributed by atoms with Gasteiger partial charge in [0.2, 0.25) is 11.6 Å². The second kappa shape index (κ2) is 14.9. The molecular weight excluding hydrogens is 750 g/mol. The molecule has 15 heteroatoms. The normalized spacial score (nSPS) is 11.0. The summed E-state index contributed by atoms with van der Waals surface area (Å²) in [5.41, 5.74) is -3.11. The largest absolute Gasteiger partial charge is 0.457 e. The molecule has 0 amide bonds. The Labute approximate surface area is 303 Å². The molecule has 0 aliphatic heterocycles. The topological polar surface area (TPSA) is 69.7 Å². The summed E-state index contributed by atoms with van der Waals surface area (Å²) in [5, 5.41) is 0. The van der Waals surface area contributed by atoms with Crippen LogP contribution in [0.25, 0.3) is 0 Å². The minimum Gasteiger partial charge on any atom is -0.457 e. The third-order valence-corrected chi connectivity index (χ3v) is 8.03. The van der Waals surface area contributed by atoms with E-state index in [1.807, 2.05) is 0 Å². The molecule has 0 aliphatic rings. The van der Waals surface area contributed by atoms with E-state index in [0.29, 0.717) is 0 Å². The third-order valence-electron chi connectivity index (χ3n) is 8.03. The minimum atomic E-state index is -2.43. The Kier molecular flexibility index (Phi) is 10.3. The number of aryl methyl sites for hydroxylation is 1. The Hall–Kier alpha value is -6.77. The molecule has 0 N–H and O–H groups in total. The van der Waals surface area contributed by atoms with Gasteiger partial charge in [-0.15, -0.1) is 0 Å². The smallest absolute Gasteiger partial charge is 0.200 e. The second-order valence-electron chi connectivity index (χ2n) is 11.7. The van der Waals surface area contributed by atoms with Crippen molar-refractivity contribution in [2.75, 3.05) is 0 Å². The van der Waals surface area contributed by atoms with E-state index in [0.717, 1.165) is 54.1 Å². The lowest BCUT2D eigenvalue weighted by Crippen LogP contribution is -2.13. The number of halogens is 10. The first-order valence-electron chi connectivity index (χ1n) is 15.5.